The van der Waals surface area contributed by atoms with E-state index in [0.29, 0.717) is 22.0 Å². The summed E-state index contributed by atoms with van der Waals surface area (Å²) in [5.41, 5.74) is 0.778. The van der Waals surface area contributed by atoms with Crippen molar-refractivity contribution in [1.82, 2.24) is 4.98 Å². The lowest BCUT2D eigenvalue weighted by atomic mass is 10.2. The molecule has 0 saturated carbocycles. The van der Waals surface area contributed by atoms with Gasteiger partial charge in [0.2, 0.25) is 0 Å². The molecular formula is C13H7BrClN3O. The number of benzene rings is 1. The van der Waals surface area contributed by atoms with E-state index in [1.807, 2.05) is 6.07 Å². The lowest BCUT2D eigenvalue weighted by Gasteiger charge is -2.06. The van der Waals surface area contributed by atoms with E-state index in [0.717, 1.165) is 4.47 Å². The van der Waals surface area contributed by atoms with Crippen molar-refractivity contribution in [2.45, 2.75) is 0 Å². The number of carbonyl (C=O) groups is 1. The number of nitrogens with one attached hydrogen (secondary N) is 1. The number of halogens is 2. The van der Waals surface area contributed by atoms with Crippen LogP contribution in [0.25, 0.3) is 0 Å². The van der Waals surface area contributed by atoms with Gasteiger partial charge in [0, 0.05) is 10.7 Å². The van der Waals surface area contributed by atoms with E-state index in [1.54, 1.807) is 30.3 Å². The third-order valence-corrected chi connectivity index (χ3v) is 3.13. The number of anilines is 1. The van der Waals surface area contributed by atoms with E-state index in [2.05, 4.69) is 26.2 Å². The second-order valence-electron chi connectivity index (χ2n) is 3.62. The highest BCUT2D eigenvalue weighted by molar-refractivity contribution is 9.10. The topological polar surface area (TPSA) is 65.8 Å². The summed E-state index contributed by atoms with van der Waals surface area (Å²) in [6.07, 6.45) is 1.39. The maximum Gasteiger partial charge on any atom is 0.258 e. The van der Waals surface area contributed by atoms with Crippen LogP contribution in [-0.2, 0) is 0 Å². The van der Waals surface area contributed by atoms with E-state index in [-0.39, 0.29) is 5.91 Å². The molecule has 4 nitrogen and oxygen atoms in total. The molecule has 0 aliphatic rings. The van der Waals surface area contributed by atoms with Crippen LogP contribution in [0.2, 0.25) is 5.02 Å². The minimum atomic E-state index is -0.358. The van der Waals surface area contributed by atoms with Gasteiger partial charge in [-0.15, -0.1) is 0 Å². The summed E-state index contributed by atoms with van der Waals surface area (Å²) in [4.78, 5) is 16.0. The minimum absolute atomic E-state index is 0.349. The third kappa shape index (κ3) is 3.31. The molecule has 0 radical (unpaired) electrons. The summed E-state index contributed by atoms with van der Waals surface area (Å²) in [6.45, 7) is 0. The highest BCUT2D eigenvalue weighted by Gasteiger charge is 2.11. The molecule has 2 rings (SSSR count). The highest BCUT2D eigenvalue weighted by Crippen LogP contribution is 2.21. The van der Waals surface area contributed by atoms with Gasteiger partial charge in [0.1, 0.15) is 11.9 Å². The fourth-order valence-electron chi connectivity index (χ4n) is 1.39. The molecule has 0 fully saturated rings. The molecule has 19 heavy (non-hydrogen) atoms. The van der Waals surface area contributed by atoms with Gasteiger partial charge >= 0.3 is 0 Å². The monoisotopic (exact) mass is 335 g/mol. The molecule has 0 aliphatic carbocycles. The Morgan fingerprint density at radius 3 is 2.79 bits per heavy atom. The van der Waals surface area contributed by atoms with Gasteiger partial charge in [-0.25, -0.2) is 4.98 Å². The zero-order valence-corrected chi connectivity index (χ0v) is 11.9. The number of hydrogen-bond donors (Lipinski definition) is 1. The maximum absolute atomic E-state index is 12.0. The molecule has 94 valence electrons. The van der Waals surface area contributed by atoms with Crippen LogP contribution in [0, 0.1) is 11.3 Å². The zero-order chi connectivity index (χ0) is 13.8. The number of amides is 1. The summed E-state index contributed by atoms with van der Waals surface area (Å²) in [5.74, 6) is 0.00329. The second kappa shape index (κ2) is 5.83. The Balaban J connectivity index is 2.21. The van der Waals surface area contributed by atoms with Gasteiger partial charge in [-0.1, -0.05) is 27.5 Å². The van der Waals surface area contributed by atoms with Crippen molar-refractivity contribution in [2.24, 2.45) is 0 Å². The third-order valence-electron chi connectivity index (χ3n) is 2.31. The van der Waals surface area contributed by atoms with Crippen LogP contribution in [0.5, 0.6) is 0 Å². The summed E-state index contributed by atoms with van der Waals surface area (Å²) >= 11 is 9.24. The van der Waals surface area contributed by atoms with E-state index < -0.39 is 0 Å². The number of hydrogen-bond acceptors (Lipinski definition) is 3. The van der Waals surface area contributed by atoms with Crippen molar-refractivity contribution >= 4 is 39.3 Å². The summed E-state index contributed by atoms with van der Waals surface area (Å²) in [5, 5.41) is 11.6. The first kappa shape index (κ1) is 13.5. The Bertz CT molecular complexity index is 665. The first-order chi connectivity index (χ1) is 9.10. The Hall–Kier alpha value is -1.90. The lowest BCUT2D eigenvalue weighted by molar-refractivity contribution is 0.102. The Labute approximate surface area is 123 Å². The smallest absolute Gasteiger partial charge is 0.258 e. The first-order valence-electron chi connectivity index (χ1n) is 5.22. The summed E-state index contributed by atoms with van der Waals surface area (Å²) in [6, 6.07) is 10.1. The quantitative estimate of drug-likeness (QED) is 0.911. The molecule has 1 heterocycles. The SMILES string of the molecule is N#Cc1ccc(NC(=O)c2cc(Br)ccc2Cl)nc1. The molecule has 0 unspecified atom stereocenters. The van der Waals surface area contributed by atoms with Crippen molar-refractivity contribution in [2.75, 3.05) is 5.32 Å². The largest absolute Gasteiger partial charge is 0.307 e. The molecule has 1 amide bonds. The average Bonchev–Trinajstić information content (AvgIpc) is 2.42. The molecule has 0 bridgehead atoms. The van der Waals surface area contributed by atoms with Gasteiger partial charge in [0.05, 0.1) is 16.1 Å². The van der Waals surface area contributed by atoms with Crippen LogP contribution in [0.4, 0.5) is 5.82 Å². The maximum atomic E-state index is 12.0. The lowest BCUT2D eigenvalue weighted by Crippen LogP contribution is -2.13. The summed E-state index contributed by atoms with van der Waals surface area (Å²) in [7, 11) is 0. The van der Waals surface area contributed by atoms with E-state index in [1.165, 1.54) is 6.20 Å². The van der Waals surface area contributed by atoms with Gasteiger partial charge in [0.15, 0.2) is 0 Å². The van der Waals surface area contributed by atoms with Crippen LogP contribution >= 0.6 is 27.5 Å². The van der Waals surface area contributed by atoms with Crippen molar-refractivity contribution in [3.05, 3.63) is 57.2 Å². The predicted octanol–water partition coefficient (Wildman–Crippen LogP) is 3.62. The van der Waals surface area contributed by atoms with Crippen LogP contribution in [0.3, 0.4) is 0 Å². The van der Waals surface area contributed by atoms with Gasteiger partial charge in [-0.2, -0.15) is 5.26 Å². The fraction of sp³-hybridized carbons (Fsp3) is 0. The number of pyridine rings is 1. The molecule has 0 saturated heterocycles. The van der Waals surface area contributed by atoms with Gasteiger partial charge in [-0.05, 0) is 30.3 Å². The van der Waals surface area contributed by atoms with Crippen molar-refractivity contribution in [3.8, 4) is 6.07 Å². The number of nitriles is 1. The molecule has 0 atom stereocenters. The predicted molar refractivity (Wildman–Crippen MR) is 76.1 cm³/mol. The van der Waals surface area contributed by atoms with Crippen molar-refractivity contribution in [3.63, 3.8) is 0 Å². The van der Waals surface area contributed by atoms with E-state index in [4.69, 9.17) is 16.9 Å². The minimum Gasteiger partial charge on any atom is -0.307 e. The normalized spacial score (nSPS) is 9.74. The van der Waals surface area contributed by atoms with E-state index >= 15 is 0 Å². The number of nitrogens with zero attached hydrogens (tertiary/aromatic N) is 2. The van der Waals surface area contributed by atoms with Crippen molar-refractivity contribution in [1.29, 1.82) is 5.26 Å². The van der Waals surface area contributed by atoms with Gasteiger partial charge < -0.3 is 5.32 Å². The standard InChI is InChI=1S/C13H7BrClN3O/c14-9-2-3-11(15)10(5-9)13(19)18-12-4-1-8(6-16)7-17-12/h1-5,7H,(H,17,18,19). The molecule has 1 N–H and O–H groups in total. The Morgan fingerprint density at radius 1 is 1.37 bits per heavy atom. The van der Waals surface area contributed by atoms with Crippen LogP contribution in [0.15, 0.2) is 41.0 Å². The Kier molecular flexibility index (Phi) is 4.15. The zero-order valence-electron chi connectivity index (χ0n) is 9.52. The van der Waals surface area contributed by atoms with Gasteiger partial charge in [0.25, 0.3) is 5.91 Å². The highest BCUT2D eigenvalue weighted by atomic mass is 79.9. The van der Waals surface area contributed by atoms with Crippen LogP contribution < -0.4 is 5.32 Å². The van der Waals surface area contributed by atoms with Crippen molar-refractivity contribution < 1.29 is 4.79 Å². The molecular weight excluding hydrogens is 330 g/mol. The molecule has 0 aliphatic heterocycles. The fourth-order valence-corrected chi connectivity index (χ4v) is 1.95. The molecule has 0 spiro atoms. The van der Waals surface area contributed by atoms with Crippen LogP contribution in [-0.4, -0.2) is 10.9 Å². The number of aromatic nitrogens is 1. The Morgan fingerprint density at radius 2 is 2.16 bits per heavy atom. The molecule has 2 aromatic rings. The number of rotatable bonds is 2. The van der Waals surface area contributed by atoms with Gasteiger partial charge in [-0.3, -0.25) is 4.79 Å². The second-order valence-corrected chi connectivity index (χ2v) is 4.95. The molecule has 6 heteroatoms. The average molecular weight is 337 g/mol. The molecule has 1 aromatic carbocycles. The molecule has 1 aromatic heterocycles. The number of carbonyl (C=O) groups excluding carboxylic acids is 1. The summed E-state index contributed by atoms with van der Waals surface area (Å²) < 4.78 is 0.759. The van der Waals surface area contributed by atoms with Crippen LogP contribution in [0.1, 0.15) is 15.9 Å². The first-order valence-corrected chi connectivity index (χ1v) is 6.40. The van der Waals surface area contributed by atoms with E-state index in [9.17, 15) is 4.79 Å².